The van der Waals surface area contributed by atoms with Crippen molar-refractivity contribution in [2.24, 2.45) is 5.92 Å². The third kappa shape index (κ3) is 4.82. The number of nitrogens with one attached hydrogen (secondary N) is 1. The first-order chi connectivity index (χ1) is 13.9. The lowest BCUT2D eigenvalue weighted by atomic mass is 10.1. The number of fused-ring (bicyclic) bond motifs is 1. The first kappa shape index (κ1) is 20.1. The van der Waals surface area contributed by atoms with Crippen molar-refractivity contribution in [3.05, 3.63) is 70.1 Å². The monoisotopic (exact) mass is 395 g/mol. The van der Waals surface area contributed by atoms with Crippen LogP contribution in [-0.4, -0.2) is 25.5 Å². The van der Waals surface area contributed by atoms with E-state index in [9.17, 15) is 14.4 Å². The molecule has 0 aliphatic rings. The smallest absolute Gasteiger partial charge is 0.349 e. The average molecular weight is 395 g/mol. The van der Waals surface area contributed by atoms with Crippen LogP contribution in [-0.2, 0) is 0 Å². The maximum absolute atomic E-state index is 12.3. The fraction of sp³-hybridized carbons (Fsp3) is 0.227. The summed E-state index contributed by atoms with van der Waals surface area (Å²) < 4.78 is 15.7. The van der Waals surface area contributed by atoms with Gasteiger partial charge in [0.15, 0.2) is 0 Å². The zero-order valence-corrected chi connectivity index (χ0v) is 16.4. The van der Waals surface area contributed by atoms with Crippen molar-refractivity contribution in [3.8, 4) is 11.5 Å². The van der Waals surface area contributed by atoms with E-state index < -0.39 is 17.5 Å². The highest BCUT2D eigenvalue weighted by molar-refractivity contribution is 5.97. The van der Waals surface area contributed by atoms with Gasteiger partial charge in [0, 0.05) is 18.0 Å². The van der Waals surface area contributed by atoms with Crippen molar-refractivity contribution < 1.29 is 23.5 Å². The predicted molar refractivity (Wildman–Crippen MR) is 108 cm³/mol. The second-order valence-electron chi connectivity index (χ2n) is 6.87. The molecule has 0 bridgehead atoms. The van der Waals surface area contributed by atoms with Gasteiger partial charge in [-0.2, -0.15) is 0 Å². The number of rotatable bonds is 6. The molecule has 0 aliphatic heterocycles. The number of carbonyl (C=O) groups excluding carboxylic acids is 2. The number of methoxy groups -OCH3 is 1. The van der Waals surface area contributed by atoms with Crippen LogP contribution < -0.4 is 20.4 Å². The molecule has 1 N–H and O–H groups in total. The minimum atomic E-state index is -0.752. The van der Waals surface area contributed by atoms with Gasteiger partial charge >= 0.3 is 11.6 Å². The molecule has 7 nitrogen and oxygen atoms in total. The summed E-state index contributed by atoms with van der Waals surface area (Å²) >= 11 is 0. The molecule has 1 amide bonds. The Bertz CT molecular complexity index is 1100. The zero-order chi connectivity index (χ0) is 21.0. The van der Waals surface area contributed by atoms with E-state index in [1.54, 1.807) is 36.4 Å². The van der Waals surface area contributed by atoms with Gasteiger partial charge in [-0.1, -0.05) is 13.8 Å². The number of hydrogen-bond donors (Lipinski definition) is 1. The SMILES string of the molecule is COc1ccc(C(=O)Oc2ccc3cc(C(=O)NCC(C)C)c(=O)oc3c2)cc1. The summed E-state index contributed by atoms with van der Waals surface area (Å²) in [4.78, 5) is 36.6. The Hall–Kier alpha value is -3.61. The molecule has 150 valence electrons. The lowest BCUT2D eigenvalue weighted by Crippen LogP contribution is -2.31. The van der Waals surface area contributed by atoms with Crippen LogP contribution >= 0.6 is 0 Å². The number of esters is 1. The van der Waals surface area contributed by atoms with Crippen molar-refractivity contribution in [2.45, 2.75) is 13.8 Å². The van der Waals surface area contributed by atoms with Crippen molar-refractivity contribution in [1.29, 1.82) is 0 Å². The molecule has 0 fully saturated rings. The molecule has 29 heavy (non-hydrogen) atoms. The van der Waals surface area contributed by atoms with Crippen molar-refractivity contribution >= 4 is 22.8 Å². The average Bonchev–Trinajstić information content (AvgIpc) is 2.71. The van der Waals surface area contributed by atoms with Gasteiger partial charge in [0.05, 0.1) is 12.7 Å². The topological polar surface area (TPSA) is 94.8 Å². The second-order valence-corrected chi connectivity index (χ2v) is 6.87. The molecular weight excluding hydrogens is 374 g/mol. The van der Waals surface area contributed by atoms with Crippen LogP contribution in [0.25, 0.3) is 11.0 Å². The lowest BCUT2D eigenvalue weighted by Gasteiger charge is -2.08. The molecular formula is C22H21NO6. The molecule has 0 unspecified atom stereocenters. The standard InChI is InChI=1S/C22H21NO6/c1-13(2)12-23-20(24)18-10-15-6-9-17(11-19(15)29-22(18)26)28-21(25)14-4-7-16(27-3)8-5-14/h4-11,13H,12H2,1-3H3,(H,23,24). The summed E-state index contributed by atoms with van der Waals surface area (Å²) in [6, 6.07) is 12.6. The highest BCUT2D eigenvalue weighted by Gasteiger charge is 2.15. The van der Waals surface area contributed by atoms with Crippen LogP contribution in [0.2, 0.25) is 0 Å². The van der Waals surface area contributed by atoms with Gasteiger partial charge in [0.2, 0.25) is 0 Å². The molecule has 3 rings (SSSR count). The van der Waals surface area contributed by atoms with E-state index in [1.165, 1.54) is 19.2 Å². The summed E-state index contributed by atoms with van der Waals surface area (Å²) in [5.41, 5.74) is -0.251. The summed E-state index contributed by atoms with van der Waals surface area (Å²) in [6.07, 6.45) is 0. The fourth-order valence-electron chi connectivity index (χ4n) is 2.60. The number of ether oxygens (including phenoxy) is 2. The van der Waals surface area contributed by atoms with E-state index >= 15 is 0 Å². The molecule has 0 aliphatic carbocycles. The molecule has 2 aromatic carbocycles. The first-order valence-electron chi connectivity index (χ1n) is 9.09. The Labute approximate surface area is 167 Å². The minimum Gasteiger partial charge on any atom is -0.497 e. The van der Waals surface area contributed by atoms with E-state index in [2.05, 4.69) is 5.32 Å². The summed E-state index contributed by atoms with van der Waals surface area (Å²) in [7, 11) is 1.54. The van der Waals surface area contributed by atoms with Crippen LogP contribution in [0, 0.1) is 5.92 Å². The Kier molecular flexibility index (Phi) is 5.97. The number of amides is 1. The highest BCUT2D eigenvalue weighted by atomic mass is 16.5. The Morgan fingerprint density at radius 1 is 1.03 bits per heavy atom. The van der Waals surface area contributed by atoms with E-state index in [0.29, 0.717) is 23.2 Å². The van der Waals surface area contributed by atoms with Crippen molar-refractivity contribution in [1.82, 2.24) is 5.32 Å². The van der Waals surface area contributed by atoms with Gasteiger partial charge in [0.1, 0.15) is 22.6 Å². The third-order valence-electron chi connectivity index (χ3n) is 4.16. The van der Waals surface area contributed by atoms with E-state index in [4.69, 9.17) is 13.9 Å². The van der Waals surface area contributed by atoms with Crippen LogP contribution in [0.5, 0.6) is 11.5 Å². The van der Waals surface area contributed by atoms with Gasteiger partial charge in [-0.25, -0.2) is 9.59 Å². The summed E-state index contributed by atoms with van der Waals surface area (Å²) in [5, 5.41) is 3.24. The van der Waals surface area contributed by atoms with Crippen LogP contribution in [0.3, 0.4) is 0 Å². The van der Waals surface area contributed by atoms with Crippen molar-refractivity contribution in [3.63, 3.8) is 0 Å². The molecule has 7 heteroatoms. The van der Waals surface area contributed by atoms with E-state index in [1.807, 2.05) is 13.8 Å². The molecule has 1 heterocycles. The second kappa shape index (κ2) is 8.60. The predicted octanol–water partition coefficient (Wildman–Crippen LogP) is 3.41. The third-order valence-corrected chi connectivity index (χ3v) is 4.16. The molecule has 1 aromatic heterocycles. The van der Waals surface area contributed by atoms with Gasteiger partial charge in [0.25, 0.3) is 5.91 Å². The largest absolute Gasteiger partial charge is 0.497 e. The van der Waals surface area contributed by atoms with E-state index in [-0.39, 0.29) is 22.8 Å². The quantitative estimate of drug-likeness (QED) is 0.390. The number of hydrogen-bond acceptors (Lipinski definition) is 6. The van der Waals surface area contributed by atoms with Crippen LogP contribution in [0.1, 0.15) is 34.6 Å². The van der Waals surface area contributed by atoms with Gasteiger partial charge < -0.3 is 19.2 Å². The van der Waals surface area contributed by atoms with Crippen molar-refractivity contribution in [2.75, 3.05) is 13.7 Å². The Morgan fingerprint density at radius 3 is 2.38 bits per heavy atom. The molecule has 3 aromatic rings. The maximum Gasteiger partial charge on any atom is 0.349 e. The molecule has 0 saturated carbocycles. The molecule has 0 atom stereocenters. The number of benzene rings is 2. The van der Waals surface area contributed by atoms with Crippen LogP contribution in [0.4, 0.5) is 0 Å². The summed E-state index contributed by atoms with van der Waals surface area (Å²) in [6.45, 7) is 4.37. The molecule has 0 spiro atoms. The highest BCUT2D eigenvalue weighted by Crippen LogP contribution is 2.22. The van der Waals surface area contributed by atoms with Crippen LogP contribution in [0.15, 0.2) is 57.7 Å². The number of carbonyl (C=O) groups is 2. The fourth-order valence-corrected chi connectivity index (χ4v) is 2.60. The maximum atomic E-state index is 12.3. The molecule has 0 saturated heterocycles. The van der Waals surface area contributed by atoms with Gasteiger partial charge in [-0.15, -0.1) is 0 Å². The Morgan fingerprint density at radius 2 is 1.72 bits per heavy atom. The summed E-state index contributed by atoms with van der Waals surface area (Å²) in [5.74, 6) is 0.0681. The minimum absolute atomic E-state index is 0.0684. The molecule has 0 radical (unpaired) electrons. The van der Waals surface area contributed by atoms with Gasteiger partial charge in [-0.3, -0.25) is 4.79 Å². The lowest BCUT2D eigenvalue weighted by molar-refractivity contribution is 0.0734. The normalized spacial score (nSPS) is 10.8. The first-order valence-corrected chi connectivity index (χ1v) is 9.09. The zero-order valence-electron chi connectivity index (χ0n) is 16.4. The van der Waals surface area contributed by atoms with Gasteiger partial charge in [-0.05, 0) is 48.4 Å². The van der Waals surface area contributed by atoms with E-state index in [0.717, 1.165) is 0 Å². The Balaban J connectivity index is 1.81.